The first-order valence-electron chi connectivity index (χ1n) is 7.81. The lowest BCUT2D eigenvalue weighted by molar-refractivity contribution is -0.147. The fourth-order valence-corrected chi connectivity index (χ4v) is 2.96. The van der Waals surface area contributed by atoms with E-state index in [1.807, 2.05) is 37.3 Å². The van der Waals surface area contributed by atoms with Gasteiger partial charge in [0.15, 0.2) is 0 Å². The van der Waals surface area contributed by atoms with E-state index >= 15 is 0 Å². The lowest BCUT2D eigenvalue weighted by Crippen LogP contribution is -2.44. The summed E-state index contributed by atoms with van der Waals surface area (Å²) >= 11 is 0. The molecule has 6 nitrogen and oxygen atoms in total. The predicted octanol–water partition coefficient (Wildman–Crippen LogP) is 2.12. The minimum absolute atomic E-state index is 0.0331. The van der Waals surface area contributed by atoms with E-state index in [2.05, 4.69) is 6.58 Å². The van der Waals surface area contributed by atoms with Crippen LogP contribution in [0.2, 0.25) is 0 Å². The van der Waals surface area contributed by atoms with Gasteiger partial charge in [-0.05, 0) is 18.9 Å². The molecule has 6 heteroatoms. The summed E-state index contributed by atoms with van der Waals surface area (Å²) in [6.45, 7) is 5.77. The second-order valence-corrected chi connectivity index (χ2v) is 6.05. The number of likely N-dealkylation sites (tertiary alicyclic amines) is 1. The van der Waals surface area contributed by atoms with Crippen LogP contribution in [0.4, 0.5) is 4.79 Å². The van der Waals surface area contributed by atoms with Crippen molar-refractivity contribution in [3.05, 3.63) is 48.0 Å². The number of ether oxygens (including phenoxy) is 2. The van der Waals surface area contributed by atoms with Crippen LogP contribution in [0.25, 0.3) is 0 Å². The quantitative estimate of drug-likeness (QED) is 0.660. The highest BCUT2D eigenvalue weighted by atomic mass is 16.6. The minimum Gasteiger partial charge on any atom is -0.467 e. The number of esters is 1. The first-order chi connectivity index (χ1) is 11.4. The number of aliphatic hydroxyl groups is 1. The molecule has 1 saturated heterocycles. The molecule has 1 aliphatic rings. The maximum Gasteiger partial charge on any atom is 0.410 e. The summed E-state index contributed by atoms with van der Waals surface area (Å²) in [7, 11) is 1.26. The molecule has 1 aromatic rings. The molecule has 2 rings (SSSR count). The van der Waals surface area contributed by atoms with Gasteiger partial charge in [0.1, 0.15) is 12.6 Å². The SMILES string of the molecule is C=C(C)C[C@@H]1[C@@H](C(=O)OC)N(C(=O)OCc2ccccc2)C[C@@H]1O. The van der Waals surface area contributed by atoms with Gasteiger partial charge in [0.25, 0.3) is 0 Å². The molecule has 1 aromatic carbocycles. The van der Waals surface area contributed by atoms with Crippen LogP contribution < -0.4 is 0 Å². The number of amides is 1. The largest absolute Gasteiger partial charge is 0.467 e. The first kappa shape index (κ1) is 18.0. The van der Waals surface area contributed by atoms with E-state index in [-0.39, 0.29) is 13.2 Å². The van der Waals surface area contributed by atoms with Crippen molar-refractivity contribution < 1.29 is 24.2 Å². The molecule has 24 heavy (non-hydrogen) atoms. The molecule has 0 saturated carbocycles. The molecule has 1 heterocycles. The van der Waals surface area contributed by atoms with Crippen LogP contribution >= 0.6 is 0 Å². The highest BCUT2D eigenvalue weighted by Crippen LogP contribution is 2.31. The molecule has 0 unspecified atom stereocenters. The predicted molar refractivity (Wildman–Crippen MR) is 88.1 cm³/mol. The zero-order valence-corrected chi connectivity index (χ0v) is 14.0. The molecule has 3 atom stereocenters. The van der Waals surface area contributed by atoms with Crippen LogP contribution in [-0.2, 0) is 20.9 Å². The molecular weight excluding hydrogens is 310 g/mol. The number of hydrogen-bond acceptors (Lipinski definition) is 5. The molecule has 1 N–H and O–H groups in total. The maximum absolute atomic E-state index is 12.4. The van der Waals surface area contributed by atoms with Gasteiger partial charge >= 0.3 is 12.1 Å². The number of carbonyl (C=O) groups is 2. The van der Waals surface area contributed by atoms with Crippen LogP contribution in [0.3, 0.4) is 0 Å². The molecule has 0 radical (unpaired) electrons. The van der Waals surface area contributed by atoms with Crippen LogP contribution in [-0.4, -0.2) is 47.9 Å². The summed E-state index contributed by atoms with van der Waals surface area (Å²) in [6.07, 6.45) is -1.03. The zero-order valence-electron chi connectivity index (χ0n) is 14.0. The Morgan fingerprint density at radius 3 is 2.58 bits per heavy atom. The number of aliphatic hydroxyl groups excluding tert-OH is 1. The minimum atomic E-state index is -0.870. The van der Waals surface area contributed by atoms with Crippen molar-refractivity contribution in [2.24, 2.45) is 5.92 Å². The van der Waals surface area contributed by atoms with E-state index in [1.165, 1.54) is 12.0 Å². The average molecular weight is 333 g/mol. The summed E-state index contributed by atoms with van der Waals surface area (Å²) in [6, 6.07) is 8.38. The van der Waals surface area contributed by atoms with Crippen molar-refractivity contribution >= 4 is 12.1 Å². The molecule has 0 spiro atoms. The van der Waals surface area contributed by atoms with Crippen molar-refractivity contribution in [1.29, 1.82) is 0 Å². The molecule has 130 valence electrons. The Morgan fingerprint density at radius 2 is 2.00 bits per heavy atom. The molecule has 1 aliphatic heterocycles. The third kappa shape index (κ3) is 4.14. The van der Waals surface area contributed by atoms with E-state index < -0.39 is 30.1 Å². The van der Waals surface area contributed by atoms with Gasteiger partial charge in [-0.1, -0.05) is 35.9 Å². The summed E-state index contributed by atoms with van der Waals surface area (Å²) in [4.78, 5) is 25.8. The fourth-order valence-electron chi connectivity index (χ4n) is 2.96. The number of allylic oxidation sites excluding steroid dienone is 1. The Bertz CT molecular complexity index is 601. The Balaban J connectivity index is 2.09. The van der Waals surface area contributed by atoms with Crippen LogP contribution in [0.15, 0.2) is 42.5 Å². The van der Waals surface area contributed by atoms with Gasteiger partial charge in [0.2, 0.25) is 0 Å². The number of benzene rings is 1. The summed E-state index contributed by atoms with van der Waals surface area (Å²) in [5.74, 6) is -1.01. The topological polar surface area (TPSA) is 76.1 Å². The monoisotopic (exact) mass is 333 g/mol. The summed E-state index contributed by atoms with van der Waals surface area (Å²) < 4.78 is 10.1. The van der Waals surface area contributed by atoms with Crippen molar-refractivity contribution in [1.82, 2.24) is 4.90 Å². The number of rotatable bonds is 5. The fraction of sp³-hybridized carbons (Fsp3) is 0.444. The second kappa shape index (κ2) is 7.97. The highest BCUT2D eigenvalue weighted by Gasteiger charge is 2.48. The van der Waals surface area contributed by atoms with E-state index in [9.17, 15) is 14.7 Å². The smallest absolute Gasteiger partial charge is 0.410 e. The van der Waals surface area contributed by atoms with Crippen molar-refractivity contribution in [2.45, 2.75) is 32.1 Å². The van der Waals surface area contributed by atoms with Gasteiger partial charge in [-0.25, -0.2) is 9.59 Å². The number of β-amino-alcohol motifs (C(OH)–C–C–N with tert-alkyl or cyclic N) is 1. The summed E-state index contributed by atoms with van der Waals surface area (Å²) in [5.41, 5.74) is 1.67. The van der Waals surface area contributed by atoms with E-state index in [4.69, 9.17) is 9.47 Å². The average Bonchev–Trinajstić information content (AvgIpc) is 2.89. The van der Waals surface area contributed by atoms with Crippen molar-refractivity contribution in [2.75, 3.05) is 13.7 Å². The number of nitrogens with zero attached hydrogens (tertiary/aromatic N) is 1. The van der Waals surface area contributed by atoms with Crippen LogP contribution in [0.5, 0.6) is 0 Å². The molecule has 0 bridgehead atoms. The van der Waals surface area contributed by atoms with Gasteiger partial charge in [0, 0.05) is 5.92 Å². The van der Waals surface area contributed by atoms with Gasteiger partial charge < -0.3 is 14.6 Å². The Labute approximate surface area is 141 Å². The van der Waals surface area contributed by atoms with Gasteiger partial charge in [-0.3, -0.25) is 4.90 Å². The molecule has 0 aromatic heterocycles. The normalized spacial score (nSPS) is 23.0. The Hall–Kier alpha value is -2.34. The van der Waals surface area contributed by atoms with Crippen molar-refractivity contribution in [3.8, 4) is 0 Å². The Morgan fingerprint density at radius 1 is 1.33 bits per heavy atom. The van der Waals surface area contributed by atoms with E-state index in [0.717, 1.165) is 11.1 Å². The third-order valence-corrected chi connectivity index (χ3v) is 4.09. The Kier molecular flexibility index (Phi) is 5.98. The third-order valence-electron chi connectivity index (χ3n) is 4.09. The maximum atomic E-state index is 12.4. The standard InChI is InChI=1S/C18H23NO5/c1-12(2)9-14-15(20)10-19(16(14)17(21)23-3)18(22)24-11-13-7-5-4-6-8-13/h4-8,14-16,20H,1,9-11H2,2-3H3/t14-,15-,16-/m0/s1. The van der Waals surface area contributed by atoms with Crippen molar-refractivity contribution in [3.63, 3.8) is 0 Å². The number of methoxy groups -OCH3 is 1. The second-order valence-electron chi connectivity index (χ2n) is 6.05. The van der Waals surface area contributed by atoms with E-state index in [0.29, 0.717) is 6.42 Å². The molecule has 1 amide bonds. The van der Waals surface area contributed by atoms with Crippen LogP contribution in [0.1, 0.15) is 18.9 Å². The van der Waals surface area contributed by atoms with E-state index in [1.54, 1.807) is 0 Å². The van der Waals surface area contributed by atoms with Gasteiger partial charge in [0.05, 0.1) is 19.8 Å². The first-order valence-corrected chi connectivity index (χ1v) is 7.81. The van der Waals surface area contributed by atoms with Gasteiger partial charge in [-0.15, -0.1) is 6.58 Å². The lowest BCUT2D eigenvalue weighted by atomic mass is 9.91. The zero-order chi connectivity index (χ0) is 17.7. The molecule has 0 aliphatic carbocycles. The lowest BCUT2D eigenvalue weighted by Gasteiger charge is -2.25. The van der Waals surface area contributed by atoms with Crippen LogP contribution in [0, 0.1) is 5.92 Å². The summed E-state index contributed by atoms with van der Waals surface area (Å²) in [5, 5.41) is 10.3. The van der Waals surface area contributed by atoms with Gasteiger partial charge in [-0.2, -0.15) is 0 Å². The number of hydrogen-bond donors (Lipinski definition) is 1. The molecular formula is C18H23NO5. The highest BCUT2D eigenvalue weighted by molar-refractivity contribution is 5.82. The number of carbonyl (C=O) groups excluding carboxylic acids is 2. The molecule has 1 fully saturated rings.